The van der Waals surface area contributed by atoms with E-state index < -0.39 is 11.7 Å². The molecule has 0 aromatic carbocycles. The Balaban J connectivity index is 0. The van der Waals surface area contributed by atoms with Crippen LogP contribution in [0.3, 0.4) is 0 Å². The molecule has 0 heterocycles. The zero-order chi connectivity index (χ0) is 7.28. The monoisotopic (exact) mass is 221 g/mol. The topological polar surface area (TPSA) is 55.8 Å². The van der Waals surface area contributed by atoms with Crippen molar-refractivity contribution < 1.29 is 52.1 Å². The molecule has 0 amide bonds. The van der Waals surface area contributed by atoms with E-state index >= 15 is 0 Å². The minimum absolute atomic E-state index is 0. The largest absolute Gasteiger partial charge is 0.500 e. The van der Waals surface area contributed by atoms with Gasteiger partial charge in [0.05, 0.1) is 14.2 Å². The summed E-state index contributed by atoms with van der Waals surface area (Å²) in [7, 11) is 2.49. The predicted octanol–water partition coefficient (Wildman–Crippen LogP) is 0.203. The van der Waals surface area contributed by atoms with Gasteiger partial charge in [0.15, 0.2) is 0 Å². The Kier molecular flexibility index (Phi) is 8.84. The van der Waals surface area contributed by atoms with Crippen LogP contribution in [0.15, 0.2) is 12.0 Å². The maximum Gasteiger partial charge on any atom is 0.376 e. The summed E-state index contributed by atoms with van der Waals surface area (Å²) in [6.45, 7) is 0. The maximum absolute atomic E-state index is 10.3. The average molecular weight is 221 g/mol. The molecule has 0 aromatic rings. The number of carbonyl (C=O) groups is 1. The maximum atomic E-state index is 10.3. The number of methoxy groups -OCH3 is 2. The van der Waals surface area contributed by atoms with Gasteiger partial charge < -0.3 is 14.6 Å². The molecule has 55 valence electrons. The Hall–Kier alpha value is -0.0861. The normalized spacial score (nSPS) is 9.60. The van der Waals surface area contributed by atoms with Gasteiger partial charge in [-0.2, -0.15) is 0 Å². The van der Waals surface area contributed by atoms with Gasteiger partial charge in [-0.1, -0.05) is 0 Å². The second kappa shape index (κ2) is 7.03. The number of hydrogen-bond donors (Lipinski definition) is 1. The van der Waals surface area contributed by atoms with Crippen LogP contribution in [0.2, 0.25) is 0 Å². The first-order valence-corrected chi connectivity index (χ1v) is 2.22. The molecule has 0 saturated carbocycles. The summed E-state index contributed by atoms with van der Waals surface area (Å²) in [6.07, 6.45) is 0.895. The summed E-state index contributed by atoms with van der Waals surface area (Å²) in [5.74, 6) is -1.35. The molecule has 1 radical (unpaired) electrons. The van der Waals surface area contributed by atoms with Gasteiger partial charge in [-0.3, -0.25) is 0 Å². The fourth-order valence-electron chi connectivity index (χ4n) is 0.264. The van der Waals surface area contributed by atoms with Crippen LogP contribution in [0.5, 0.6) is 0 Å². The van der Waals surface area contributed by atoms with Gasteiger partial charge in [0.25, 0.3) is 0 Å². The van der Waals surface area contributed by atoms with E-state index in [2.05, 4.69) is 9.47 Å². The van der Waals surface area contributed by atoms with E-state index in [4.69, 9.17) is 5.11 Å². The third kappa shape index (κ3) is 4.76. The molecule has 0 fully saturated rings. The van der Waals surface area contributed by atoms with Crippen molar-refractivity contribution in [1.29, 1.82) is 0 Å². The third-order valence-electron chi connectivity index (χ3n) is 0.624. The van der Waals surface area contributed by atoms with Crippen LogP contribution >= 0.6 is 0 Å². The number of rotatable bonds is 2. The first-order chi connectivity index (χ1) is 4.22. The van der Waals surface area contributed by atoms with E-state index in [1.807, 2.05) is 0 Å². The standard InChI is InChI=1S/C5H8O4.Y/c1-8-3-4(6)5(7)9-2;/h3,6H,1-2H3;/b4-3-;. The molecule has 0 aliphatic rings. The molecule has 0 atom stereocenters. The Morgan fingerprint density at radius 2 is 2.00 bits per heavy atom. The molecule has 10 heavy (non-hydrogen) atoms. The molecule has 0 aromatic heterocycles. The number of ether oxygens (including phenoxy) is 2. The number of esters is 1. The minimum atomic E-state index is -0.808. The van der Waals surface area contributed by atoms with Gasteiger partial charge >= 0.3 is 5.97 Å². The number of aliphatic hydroxyl groups is 1. The predicted molar refractivity (Wildman–Crippen MR) is 29.7 cm³/mol. The Morgan fingerprint density at radius 1 is 1.50 bits per heavy atom. The van der Waals surface area contributed by atoms with Crippen molar-refractivity contribution >= 4 is 5.97 Å². The van der Waals surface area contributed by atoms with Crippen LogP contribution in [-0.4, -0.2) is 25.3 Å². The second-order valence-electron chi connectivity index (χ2n) is 1.23. The summed E-state index contributed by atoms with van der Waals surface area (Å²) in [4.78, 5) is 10.3. The van der Waals surface area contributed by atoms with Crippen molar-refractivity contribution in [3.05, 3.63) is 12.0 Å². The second-order valence-corrected chi connectivity index (χ2v) is 1.23. The van der Waals surface area contributed by atoms with Gasteiger partial charge in [0.2, 0.25) is 5.76 Å². The van der Waals surface area contributed by atoms with E-state index in [9.17, 15) is 4.79 Å². The summed E-state index contributed by atoms with van der Waals surface area (Å²) in [6, 6.07) is 0. The molecule has 0 aliphatic carbocycles. The smallest absolute Gasteiger partial charge is 0.376 e. The molecule has 0 aliphatic heterocycles. The van der Waals surface area contributed by atoms with Crippen molar-refractivity contribution in [1.82, 2.24) is 0 Å². The van der Waals surface area contributed by atoms with E-state index in [1.54, 1.807) is 0 Å². The molecule has 0 saturated heterocycles. The van der Waals surface area contributed by atoms with Crippen LogP contribution in [0.25, 0.3) is 0 Å². The minimum Gasteiger partial charge on any atom is -0.500 e. The molecule has 1 N–H and O–H groups in total. The average Bonchev–Trinajstić information content (AvgIpc) is 1.87. The number of carbonyl (C=O) groups excluding carboxylic acids is 1. The molecule has 0 spiro atoms. The Labute approximate surface area is 84.1 Å². The van der Waals surface area contributed by atoms with E-state index in [0.29, 0.717) is 0 Å². The van der Waals surface area contributed by atoms with Gasteiger partial charge in [0.1, 0.15) is 6.26 Å². The van der Waals surface area contributed by atoms with Crippen molar-refractivity contribution in [2.75, 3.05) is 14.2 Å². The number of hydrogen-bond acceptors (Lipinski definition) is 4. The molecular weight excluding hydrogens is 213 g/mol. The first-order valence-electron chi connectivity index (χ1n) is 2.22. The SMILES string of the molecule is CO/C=C(\O)C(=O)OC.[Y]. The van der Waals surface area contributed by atoms with Crippen LogP contribution in [0.1, 0.15) is 0 Å². The van der Waals surface area contributed by atoms with Gasteiger partial charge in [-0.15, -0.1) is 0 Å². The molecule has 5 heteroatoms. The van der Waals surface area contributed by atoms with Crippen molar-refractivity contribution in [3.63, 3.8) is 0 Å². The Morgan fingerprint density at radius 3 is 2.30 bits per heavy atom. The molecule has 0 unspecified atom stereocenters. The van der Waals surface area contributed by atoms with E-state index in [1.165, 1.54) is 14.2 Å². The zero-order valence-corrected chi connectivity index (χ0v) is 8.66. The van der Waals surface area contributed by atoms with Crippen LogP contribution in [0.4, 0.5) is 0 Å². The van der Waals surface area contributed by atoms with Crippen LogP contribution in [-0.2, 0) is 47.0 Å². The fourth-order valence-corrected chi connectivity index (χ4v) is 0.264. The summed E-state index contributed by atoms with van der Waals surface area (Å²) in [5.41, 5.74) is 0. The van der Waals surface area contributed by atoms with Gasteiger partial charge in [-0.05, 0) is 0 Å². The molecule has 0 bridgehead atoms. The molecule has 0 rings (SSSR count). The summed E-state index contributed by atoms with van der Waals surface area (Å²) < 4.78 is 8.44. The Bertz CT molecular complexity index is 132. The summed E-state index contributed by atoms with van der Waals surface area (Å²) >= 11 is 0. The molecule has 4 nitrogen and oxygen atoms in total. The van der Waals surface area contributed by atoms with Gasteiger partial charge in [0, 0.05) is 32.7 Å². The van der Waals surface area contributed by atoms with E-state index in [0.717, 1.165) is 6.26 Å². The summed E-state index contributed by atoms with van der Waals surface area (Å²) in [5, 5.41) is 8.58. The van der Waals surface area contributed by atoms with Crippen molar-refractivity contribution in [2.24, 2.45) is 0 Å². The van der Waals surface area contributed by atoms with Crippen LogP contribution in [0, 0.1) is 0 Å². The van der Waals surface area contributed by atoms with Gasteiger partial charge in [-0.25, -0.2) is 4.79 Å². The third-order valence-corrected chi connectivity index (χ3v) is 0.624. The van der Waals surface area contributed by atoms with Crippen LogP contribution < -0.4 is 0 Å². The van der Waals surface area contributed by atoms with Crippen molar-refractivity contribution in [2.45, 2.75) is 0 Å². The quantitative estimate of drug-likeness (QED) is 0.411. The number of aliphatic hydroxyl groups excluding tert-OH is 1. The molecular formula is C5H8O4Y. The van der Waals surface area contributed by atoms with E-state index in [-0.39, 0.29) is 32.7 Å². The van der Waals surface area contributed by atoms with Crippen molar-refractivity contribution in [3.8, 4) is 0 Å². The fraction of sp³-hybridized carbons (Fsp3) is 0.400. The first kappa shape index (κ1) is 12.6. The zero-order valence-electron chi connectivity index (χ0n) is 5.83.